The summed E-state index contributed by atoms with van der Waals surface area (Å²) in [6.07, 6.45) is 4.23. The second-order valence-corrected chi connectivity index (χ2v) is 3.67. The van der Waals surface area contributed by atoms with Crippen LogP contribution in [0.4, 0.5) is 0 Å². The summed E-state index contributed by atoms with van der Waals surface area (Å²) in [5.74, 6) is -0.0280. The van der Waals surface area contributed by atoms with Crippen molar-refractivity contribution in [3.8, 4) is 0 Å². The van der Waals surface area contributed by atoms with Gasteiger partial charge >= 0.3 is 0 Å². The lowest BCUT2D eigenvalue weighted by atomic mass is 9.99. The normalized spacial score (nSPS) is 20.2. The first-order valence-corrected chi connectivity index (χ1v) is 4.79. The van der Waals surface area contributed by atoms with Gasteiger partial charge in [-0.1, -0.05) is 12.8 Å². The van der Waals surface area contributed by atoms with Crippen molar-refractivity contribution >= 4 is 5.91 Å². The first-order chi connectivity index (χ1) is 6.22. The lowest BCUT2D eigenvalue weighted by molar-refractivity contribution is -0.120. The van der Waals surface area contributed by atoms with Crippen LogP contribution in [0.2, 0.25) is 0 Å². The van der Waals surface area contributed by atoms with E-state index in [0.717, 1.165) is 25.7 Å². The molecule has 4 nitrogen and oxygen atoms in total. The summed E-state index contributed by atoms with van der Waals surface area (Å²) in [6.45, 7) is 0.432. The Kier molecular flexibility index (Phi) is 3.69. The van der Waals surface area contributed by atoms with Crippen LogP contribution in [0.5, 0.6) is 0 Å². The zero-order chi connectivity index (χ0) is 9.73. The Balaban J connectivity index is 2.35. The maximum atomic E-state index is 11.0. The van der Waals surface area contributed by atoms with Gasteiger partial charge in [-0.3, -0.25) is 4.79 Å². The largest absolute Gasteiger partial charge is 0.394 e. The molecule has 0 saturated heterocycles. The molecule has 76 valence electrons. The van der Waals surface area contributed by atoms with Gasteiger partial charge in [-0.05, 0) is 12.8 Å². The minimum atomic E-state index is -0.188. The number of rotatable bonds is 4. The smallest absolute Gasteiger partial charge is 0.233 e. The highest BCUT2D eigenvalue weighted by Crippen LogP contribution is 2.28. The topological polar surface area (TPSA) is 61.4 Å². The molecule has 1 amide bonds. The average Bonchev–Trinajstić information content (AvgIpc) is 2.63. The van der Waals surface area contributed by atoms with Gasteiger partial charge in [-0.15, -0.1) is 0 Å². The van der Waals surface area contributed by atoms with E-state index in [1.54, 1.807) is 7.05 Å². The first-order valence-electron chi connectivity index (χ1n) is 4.79. The predicted molar refractivity (Wildman–Crippen MR) is 50.4 cm³/mol. The van der Waals surface area contributed by atoms with E-state index in [4.69, 9.17) is 0 Å². The Morgan fingerprint density at radius 2 is 2.08 bits per heavy atom. The third kappa shape index (κ3) is 2.67. The van der Waals surface area contributed by atoms with Gasteiger partial charge in [-0.25, -0.2) is 0 Å². The minimum absolute atomic E-state index is 0.0280. The Morgan fingerprint density at radius 3 is 2.54 bits per heavy atom. The van der Waals surface area contributed by atoms with Crippen molar-refractivity contribution in [1.29, 1.82) is 0 Å². The number of aliphatic hydroxyl groups excluding tert-OH is 1. The van der Waals surface area contributed by atoms with Gasteiger partial charge in [0.1, 0.15) is 0 Å². The van der Waals surface area contributed by atoms with Crippen molar-refractivity contribution in [2.75, 3.05) is 20.2 Å². The zero-order valence-electron chi connectivity index (χ0n) is 8.10. The van der Waals surface area contributed by atoms with E-state index in [-0.39, 0.29) is 18.1 Å². The Morgan fingerprint density at radius 1 is 1.46 bits per heavy atom. The number of hydrogen-bond donors (Lipinski definition) is 3. The molecule has 0 aromatic rings. The van der Waals surface area contributed by atoms with Crippen molar-refractivity contribution in [3.63, 3.8) is 0 Å². The molecule has 0 atom stereocenters. The first kappa shape index (κ1) is 10.5. The summed E-state index contributed by atoms with van der Waals surface area (Å²) in [6, 6.07) is 0. The van der Waals surface area contributed by atoms with E-state index < -0.39 is 0 Å². The molecule has 4 heteroatoms. The summed E-state index contributed by atoms with van der Waals surface area (Å²) in [5, 5.41) is 14.9. The average molecular weight is 186 g/mol. The maximum Gasteiger partial charge on any atom is 0.233 e. The number of likely N-dealkylation sites (N-methyl/N-ethyl adjacent to an activating group) is 1. The monoisotopic (exact) mass is 186 g/mol. The highest BCUT2D eigenvalue weighted by molar-refractivity contribution is 5.77. The Hall–Kier alpha value is -0.610. The van der Waals surface area contributed by atoms with Crippen molar-refractivity contribution in [3.05, 3.63) is 0 Å². The highest BCUT2D eigenvalue weighted by Gasteiger charge is 2.32. The molecule has 0 radical (unpaired) electrons. The van der Waals surface area contributed by atoms with Gasteiger partial charge in [0.2, 0.25) is 5.91 Å². The fourth-order valence-electron chi connectivity index (χ4n) is 1.80. The molecule has 0 bridgehead atoms. The molecule has 0 aromatic heterocycles. The zero-order valence-corrected chi connectivity index (χ0v) is 8.10. The molecular weight excluding hydrogens is 168 g/mol. The lowest BCUT2D eigenvalue weighted by Crippen LogP contribution is -2.49. The molecule has 3 N–H and O–H groups in total. The van der Waals surface area contributed by atoms with Crippen LogP contribution in [0.3, 0.4) is 0 Å². The highest BCUT2D eigenvalue weighted by atomic mass is 16.3. The molecular formula is C9H18N2O2. The van der Waals surface area contributed by atoms with Gasteiger partial charge in [0, 0.05) is 12.6 Å². The Labute approximate surface area is 78.7 Å². The van der Waals surface area contributed by atoms with Crippen LogP contribution in [0, 0.1) is 0 Å². The second-order valence-electron chi connectivity index (χ2n) is 3.67. The van der Waals surface area contributed by atoms with E-state index in [9.17, 15) is 9.90 Å². The van der Waals surface area contributed by atoms with Crippen molar-refractivity contribution in [2.24, 2.45) is 0 Å². The van der Waals surface area contributed by atoms with Crippen LogP contribution in [0.1, 0.15) is 25.7 Å². The van der Waals surface area contributed by atoms with E-state index in [1.807, 2.05) is 0 Å². The fourth-order valence-corrected chi connectivity index (χ4v) is 1.80. The van der Waals surface area contributed by atoms with E-state index in [0.29, 0.717) is 6.54 Å². The number of carbonyl (C=O) groups is 1. The molecule has 1 saturated carbocycles. The molecule has 1 rings (SSSR count). The number of hydrogen-bond acceptors (Lipinski definition) is 3. The number of nitrogens with one attached hydrogen (secondary N) is 2. The van der Waals surface area contributed by atoms with Crippen LogP contribution in [-0.2, 0) is 4.79 Å². The van der Waals surface area contributed by atoms with Gasteiger partial charge in [-0.2, -0.15) is 0 Å². The molecule has 13 heavy (non-hydrogen) atoms. The SMILES string of the molecule is CNC(=O)CNC1(CO)CCCC1. The van der Waals surface area contributed by atoms with E-state index >= 15 is 0 Å². The number of carbonyl (C=O) groups excluding carboxylic acids is 1. The molecule has 1 aliphatic carbocycles. The predicted octanol–water partition coefficient (Wildman–Crippen LogP) is -0.373. The van der Waals surface area contributed by atoms with Gasteiger partial charge in [0.15, 0.2) is 0 Å². The molecule has 0 spiro atoms. The summed E-state index contributed by atoms with van der Waals surface area (Å²) >= 11 is 0. The second kappa shape index (κ2) is 4.58. The fraction of sp³-hybridized carbons (Fsp3) is 0.889. The quantitative estimate of drug-likeness (QED) is 0.561. The number of aliphatic hydroxyl groups is 1. The van der Waals surface area contributed by atoms with Gasteiger partial charge < -0.3 is 15.7 Å². The van der Waals surface area contributed by atoms with Crippen LogP contribution in [0.25, 0.3) is 0 Å². The summed E-state index contributed by atoms with van der Waals surface area (Å²) < 4.78 is 0. The molecule has 0 unspecified atom stereocenters. The summed E-state index contributed by atoms with van der Waals surface area (Å²) in [7, 11) is 1.62. The summed E-state index contributed by atoms with van der Waals surface area (Å²) in [5.41, 5.74) is -0.188. The van der Waals surface area contributed by atoms with E-state index in [1.165, 1.54) is 0 Å². The molecule has 0 aliphatic heterocycles. The number of amides is 1. The van der Waals surface area contributed by atoms with Crippen molar-refractivity contribution in [2.45, 2.75) is 31.2 Å². The third-order valence-electron chi connectivity index (χ3n) is 2.77. The minimum Gasteiger partial charge on any atom is -0.394 e. The van der Waals surface area contributed by atoms with Crippen molar-refractivity contribution in [1.82, 2.24) is 10.6 Å². The third-order valence-corrected chi connectivity index (χ3v) is 2.77. The van der Waals surface area contributed by atoms with E-state index in [2.05, 4.69) is 10.6 Å². The van der Waals surface area contributed by atoms with Crippen LogP contribution in [0.15, 0.2) is 0 Å². The molecule has 1 aliphatic rings. The standard InChI is InChI=1S/C9H18N2O2/c1-10-8(13)6-11-9(7-12)4-2-3-5-9/h11-12H,2-7H2,1H3,(H,10,13). The molecule has 0 aromatic carbocycles. The van der Waals surface area contributed by atoms with Gasteiger partial charge in [0.25, 0.3) is 0 Å². The van der Waals surface area contributed by atoms with Crippen LogP contribution >= 0.6 is 0 Å². The molecule has 0 heterocycles. The summed E-state index contributed by atoms with van der Waals surface area (Å²) in [4.78, 5) is 11.0. The van der Waals surface area contributed by atoms with Crippen LogP contribution < -0.4 is 10.6 Å². The maximum absolute atomic E-state index is 11.0. The van der Waals surface area contributed by atoms with Crippen molar-refractivity contribution < 1.29 is 9.90 Å². The molecule has 1 fully saturated rings. The lowest BCUT2D eigenvalue weighted by Gasteiger charge is -2.27. The van der Waals surface area contributed by atoms with Crippen LogP contribution in [-0.4, -0.2) is 36.8 Å². The van der Waals surface area contributed by atoms with Gasteiger partial charge in [0.05, 0.1) is 13.2 Å². The Bertz CT molecular complexity index is 176.